The van der Waals surface area contributed by atoms with Crippen molar-refractivity contribution >= 4 is 94.4 Å². The van der Waals surface area contributed by atoms with Crippen LogP contribution < -0.4 is 7.38 Å². The van der Waals surface area contributed by atoms with Crippen molar-refractivity contribution in [3.05, 3.63) is 0 Å². The SMILES string of the molecule is [Ba+2].[O-2].[O]=[Ti]([O-])[O-].[Sr+2]. The third-order valence-corrected chi connectivity index (χ3v) is 0. The first kappa shape index (κ1) is 22.4. The Kier molecular flexibility index (Phi) is 52.0. The minimum Gasteiger partial charge on any atom is 2.00 e. The molecule has 0 aliphatic heterocycles. The molecule has 0 heterocycles. The summed E-state index contributed by atoms with van der Waals surface area (Å²) in [6.07, 6.45) is 0. The van der Waals surface area contributed by atoms with Crippen molar-refractivity contribution in [2.45, 2.75) is 0 Å². The summed E-state index contributed by atoms with van der Waals surface area (Å²) in [7, 11) is 0. The van der Waals surface area contributed by atoms with E-state index in [2.05, 4.69) is 0 Å². The Morgan fingerprint density at radius 2 is 1.29 bits per heavy atom. The summed E-state index contributed by atoms with van der Waals surface area (Å²) in [6, 6.07) is 0. The molecule has 4 nitrogen and oxygen atoms in total. The molecule has 0 bridgehead atoms. The van der Waals surface area contributed by atoms with Gasteiger partial charge in [0, 0.05) is 0 Å². The minimum atomic E-state index is -4.08. The molecule has 0 fully saturated rings. The van der Waals surface area contributed by atoms with Crippen LogP contribution in [0.2, 0.25) is 0 Å². The maximum absolute atomic E-state index is 8.58. The fraction of sp³-hybridized carbons (Fsp3) is 0. The molecular formula is BaO4SrTi. The summed E-state index contributed by atoms with van der Waals surface area (Å²) in [5, 5.41) is 0. The normalized spacial score (nSPS) is 3.71. The van der Waals surface area contributed by atoms with Gasteiger partial charge in [0.25, 0.3) is 0 Å². The van der Waals surface area contributed by atoms with E-state index in [1.165, 1.54) is 0 Å². The van der Waals surface area contributed by atoms with Crippen LogP contribution in [0.25, 0.3) is 0 Å². The largest absolute Gasteiger partial charge is 2.00 e. The second-order valence-electron chi connectivity index (χ2n) is 0.250. The maximum atomic E-state index is 8.58. The van der Waals surface area contributed by atoms with Gasteiger partial charge < -0.3 is 5.48 Å². The van der Waals surface area contributed by atoms with Crippen molar-refractivity contribution in [3.63, 3.8) is 0 Å². The van der Waals surface area contributed by atoms with E-state index in [0.29, 0.717) is 0 Å². The summed E-state index contributed by atoms with van der Waals surface area (Å²) in [6.45, 7) is 0. The van der Waals surface area contributed by atoms with Gasteiger partial charge in [0.2, 0.25) is 0 Å². The van der Waals surface area contributed by atoms with Gasteiger partial charge in [-0.25, -0.2) is 0 Å². The van der Waals surface area contributed by atoms with Gasteiger partial charge in [0.05, 0.1) is 0 Å². The second-order valence-corrected chi connectivity index (χ2v) is 1.03. The minimum absolute atomic E-state index is 0. The van der Waals surface area contributed by atoms with Crippen LogP contribution in [0.5, 0.6) is 0 Å². The van der Waals surface area contributed by atoms with Gasteiger partial charge in [-0.05, 0) is 0 Å². The van der Waals surface area contributed by atoms with E-state index in [-0.39, 0.29) is 99.8 Å². The maximum Gasteiger partial charge on any atom is 2.00 e. The average molecular weight is 337 g/mol. The van der Waals surface area contributed by atoms with E-state index in [1.807, 2.05) is 0 Å². The number of hydrogen-bond acceptors (Lipinski definition) is 3. The Morgan fingerprint density at radius 1 is 1.29 bits per heavy atom. The van der Waals surface area contributed by atoms with Crippen molar-refractivity contribution in [1.29, 1.82) is 0 Å². The van der Waals surface area contributed by atoms with Crippen LogP contribution in [0.1, 0.15) is 0 Å². The fourth-order valence-electron chi connectivity index (χ4n) is 0. The summed E-state index contributed by atoms with van der Waals surface area (Å²) in [5.41, 5.74) is 0. The molecule has 0 radical (unpaired) electrons. The van der Waals surface area contributed by atoms with Crippen LogP contribution in [-0.2, 0) is 27.4 Å². The first-order valence-electron chi connectivity index (χ1n) is 0.612. The Labute approximate surface area is 125 Å². The van der Waals surface area contributed by atoms with Crippen LogP contribution in [0, 0.1) is 0 Å². The third kappa shape index (κ3) is 44.1. The van der Waals surface area contributed by atoms with Crippen molar-refractivity contribution in [2.75, 3.05) is 0 Å². The molecule has 7 heavy (non-hydrogen) atoms. The van der Waals surface area contributed by atoms with Crippen molar-refractivity contribution in [3.8, 4) is 0 Å². The molecule has 0 unspecified atom stereocenters. The van der Waals surface area contributed by atoms with Gasteiger partial charge in [-0.15, -0.1) is 0 Å². The molecule has 0 N–H and O–H groups in total. The molecule has 0 spiro atoms. The molecule has 0 rings (SSSR count). The molecule has 0 atom stereocenters. The third-order valence-electron chi connectivity index (χ3n) is 0. The van der Waals surface area contributed by atoms with Crippen LogP contribution in [0.3, 0.4) is 0 Å². The first-order chi connectivity index (χ1) is 1.73. The second kappa shape index (κ2) is 16.2. The summed E-state index contributed by atoms with van der Waals surface area (Å²) >= 11 is -4.08. The summed E-state index contributed by atoms with van der Waals surface area (Å²) < 4.78 is 25.8. The molecule has 0 aliphatic rings. The molecule has 0 aromatic rings. The van der Waals surface area contributed by atoms with Crippen LogP contribution in [0.4, 0.5) is 0 Å². The fourth-order valence-corrected chi connectivity index (χ4v) is 0. The Bertz CT molecular complexity index is 34.7. The number of hydrogen-bond donors (Lipinski definition) is 0. The van der Waals surface area contributed by atoms with Gasteiger partial charge in [0.1, 0.15) is 0 Å². The van der Waals surface area contributed by atoms with E-state index in [9.17, 15) is 0 Å². The Morgan fingerprint density at radius 3 is 1.29 bits per heavy atom. The van der Waals surface area contributed by atoms with Crippen LogP contribution in [0.15, 0.2) is 0 Å². The van der Waals surface area contributed by atoms with Gasteiger partial charge in [-0.3, -0.25) is 0 Å². The van der Waals surface area contributed by atoms with Crippen molar-refractivity contribution in [1.82, 2.24) is 0 Å². The molecule has 7 heteroatoms. The Hall–Kier alpha value is 3.45. The van der Waals surface area contributed by atoms with Crippen molar-refractivity contribution in [2.24, 2.45) is 0 Å². The smallest absolute Gasteiger partial charge is 2.00 e. The average Bonchev–Trinajstić information content (AvgIpc) is 0.811. The predicted octanol–water partition coefficient (Wildman–Crippen LogP) is -3.38. The monoisotopic (exact) mass is 338 g/mol. The van der Waals surface area contributed by atoms with E-state index in [0.717, 1.165) is 0 Å². The van der Waals surface area contributed by atoms with Gasteiger partial charge in [-0.2, -0.15) is 0 Å². The van der Waals surface area contributed by atoms with E-state index in [4.69, 9.17) is 10.7 Å². The number of rotatable bonds is 0. The predicted molar refractivity (Wildman–Crippen MR) is 12.9 cm³/mol. The molecule has 0 aromatic carbocycles. The molecular weight excluding hydrogens is 337 g/mol. The summed E-state index contributed by atoms with van der Waals surface area (Å²) in [4.78, 5) is 0. The quantitative estimate of drug-likeness (QED) is 0.432. The van der Waals surface area contributed by atoms with Gasteiger partial charge >= 0.3 is 124 Å². The van der Waals surface area contributed by atoms with Crippen LogP contribution in [-0.4, -0.2) is 94.4 Å². The first-order valence-corrected chi connectivity index (χ1v) is 2.52. The molecule has 0 aliphatic carbocycles. The topological polar surface area (TPSA) is 91.7 Å². The molecule has 0 aromatic heterocycles. The zero-order valence-corrected chi connectivity index (χ0v) is 13.0. The van der Waals surface area contributed by atoms with E-state index in [1.54, 1.807) is 0 Å². The zero-order chi connectivity index (χ0) is 3.58. The van der Waals surface area contributed by atoms with Gasteiger partial charge in [0.15, 0.2) is 0 Å². The van der Waals surface area contributed by atoms with E-state index < -0.39 is 18.6 Å². The van der Waals surface area contributed by atoms with Crippen LogP contribution >= 0.6 is 0 Å². The zero-order valence-electron chi connectivity index (χ0n) is 3.55. The van der Waals surface area contributed by atoms with Gasteiger partial charge in [-0.1, -0.05) is 0 Å². The summed E-state index contributed by atoms with van der Waals surface area (Å²) in [5.74, 6) is 0. The molecule has 0 saturated heterocycles. The molecule has 0 saturated carbocycles. The molecule has 0 amide bonds. The molecule has 32 valence electrons. The van der Waals surface area contributed by atoms with E-state index >= 15 is 0 Å². The van der Waals surface area contributed by atoms with Crippen molar-refractivity contribution < 1.29 is 34.8 Å². The Balaban J connectivity index is -0.0000000150. The standard InChI is InChI=1S/Ba.4O.Sr.Ti/q+2;;-2;2*-1;+2;.